The lowest BCUT2D eigenvalue weighted by molar-refractivity contribution is 1.28. The molecule has 1 heterocycles. The molecule has 0 saturated carbocycles. The fourth-order valence-corrected chi connectivity index (χ4v) is 10.1. The van der Waals surface area contributed by atoms with Crippen LogP contribution >= 0.6 is 11.3 Å². The van der Waals surface area contributed by atoms with Gasteiger partial charge < -0.3 is 4.90 Å². The molecule has 0 aliphatic rings. The fourth-order valence-electron chi connectivity index (χ4n) is 8.89. The minimum absolute atomic E-state index is 1.09. The van der Waals surface area contributed by atoms with Gasteiger partial charge >= 0.3 is 0 Å². The molecular weight excluding hydrogens is 743 g/mol. The van der Waals surface area contributed by atoms with E-state index in [2.05, 4.69) is 241 Å². The Kier molecular flexibility index (Phi) is 9.11. The Balaban J connectivity index is 1.15. The quantitative estimate of drug-likeness (QED) is 0.148. The average molecular weight is 782 g/mol. The maximum absolute atomic E-state index is 2.49. The topological polar surface area (TPSA) is 3.24 Å². The van der Waals surface area contributed by atoms with Crippen molar-refractivity contribution in [3.63, 3.8) is 0 Å². The van der Waals surface area contributed by atoms with E-state index in [9.17, 15) is 0 Å². The number of nitrogens with zero attached hydrogens (tertiary/aromatic N) is 1. The Bertz CT molecular complexity index is 3340. The van der Waals surface area contributed by atoms with Crippen molar-refractivity contribution in [1.82, 2.24) is 0 Å². The standard InChI is InChI=1S/C58H39NS/c1-2-19-41(20-3-1)46-24-6-7-25-47(46)48-26-8-9-27-49(48)50-28-10-13-33-55(50)59(45-23-16-22-43(39-45)44-37-36-40-18-4-5-21-42(40)38-44)56-34-14-11-29-51(56)53-31-17-32-54-52-30-12-15-35-57(52)60-58(53)54/h1-39H. The number of hydrogen-bond donors (Lipinski definition) is 0. The van der Waals surface area contributed by atoms with E-state index in [0.29, 0.717) is 0 Å². The van der Waals surface area contributed by atoms with Crippen LogP contribution in [0.15, 0.2) is 237 Å². The van der Waals surface area contributed by atoms with E-state index >= 15 is 0 Å². The number of anilines is 3. The van der Waals surface area contributed by atoms with E-state index in [1.54, 1.807) is 0 Å². The molecular formula is C58H39NS. The van der Waals surface area contributed by atoms with Gasteiger partial charge in [-0.05, 0) is 86.1 Å². The SMILES string of the molecule is c1ccc(-c2ccccc2-c2ccccc2-c2ccccc2N(c2cccc(-c3ccc4ccccc4c3)c2)c2ccccc2-c2cccc3c2sc2ccccc23)cc1. The third kappa shape index (κ3) is 6.35. The van der Waals surface area contributed by atoms with Crippen LogP contribution in [-0.2, 0) is 0 Å². The lowest BCUT2D eigenvalue weighted by Gasteiger charge is -2.31. The van der Waals surface area contributed by atoms with Crippen LogP contribution in [0.25, 0.3) is 86.6 Å². The third-order valence-electron chi connectivity index (χ3n) is 11.7. The van der Waals surface area contributed by atoms with Crippen LogP contribution in [0, 0.1) is 0 Å². The molecule has 0 aliphatic carbocycles. The first-order chi connectivity index (χ1) is 29.8. The predicted octanol–water partition coefficient (Wildman–Crippen LogP) is 17.0. The summed E-state index contributed by atoms with van der Waals surface area (Å²) in [5.74, 6) is 0. The maximum atomic E-state index is 2.49. The second kappa shape index (κ2) is 15.3. The molecule has 2 heteroatoms. The van der Waals surface area contributed by atoms with Crippen molar-refractivity contribution in [3.05, 3.63) is 237 Å². The van der Waals surface area contributed by atoms with Gasteiger partial charge in [-0.15, -0.1) is 11.3 Å². The van der Waals surface area contributed by atoms with Crippen molar-refractivity contribution < 1.29 is 0 Å². The summed E-state index contributed by atoms with van der Waals surface area (Å²) >= 11 is 1.88. The Morgan fingerprint density at radius 3 is 1.55 bits per heavy atom. The first-order valence-electron chi connectivity index (χ1n) is 20.5. The van der Waals surface area contributed by atoms with E-state index < -0.39 is 0 Å². The van der Waals surface area contributed by atoms with E-state index in [4.69, 9.17) is 0 Å². The summed E-state index contributed by atoms with van der Waals surface area (Å²) in [6.45, 7) is 0. The minimum atomic E-state index is 1.09. The predicted molar refractivity (Wildman–Crippen MR) is 259 cm³/mol. The van der Waals surface area contributed by atoms with E-state index in [1.807, 2.05) is 11.3 Å². The molecule has 0 atom stereocenters. The smallest absolute Gasteiger partial charge is 0.0540 e. The molecule has 0 radical (unpaired) electrons. The molecule has 0 bridgehead atoms. The molecule has 0 N–H and O–H groups in total. The van der Waals surface area contributed by atoms with Crippen LogP contribution in [0.4, 0.5) is 17.1 Å². The summed E-state index contributed by atoms with van der Waals surface area (Å²) in [5, 5.41) is 5.07. The van der Waals surface area contributed by atoms with Gasteiger partial charge in [0, 0.05) is 42.6 Å². The number of benzene rings is 10. The zero-order valence-electron chi connectivity index (χ0n) is 32.9. The molecule has 60 heavy (non-hydrogen) atoms. The van der Waals surface area contributed by atoms with Crippen molar-refractivity contribution >= 4 is 59.3 Å². The Morgan fingerprint density at radius 2 is 0.783 bits per heavy atom. The van der Waals surface area contributed by atoms with Crippen LogP contribution in [-0.4, -0.2) is 0 Å². The molecule has 1 nitrogen and oxygen atoms in total. The van der Waals surface area contributed by atoms with Gasteiger partial charge in [0.1, 0.15) is 0 Å². The number of rotatable bonds is 8. The molecule has 0 spiro atoms. The second-order valence-corrected chi connectivity index (χ2v) is 16.3. The molecule has 11 rings (SSSR count). The summed E-state index contributed by atoms with van der Waals surface area (Å²) in [5.41, 5.74) is 15.2. The Labute approximate surface area is 354 Å². The summed E-state index contributed by atoms with van der Waals surface area (Å²) in [7, 11) is 0. The molecule has 0 fully saturated rings. The van der Waals surface area contributed by atoms with Crippen molar-refractivity contribution in [2.45, 2.75) is 0 Å². The van der Waals surface area contributed by atoms with Gasteiger partial charge in [-0.3, -0.25) is 0 Å². The van der Waals surface area contributed by atoms with Crippen molar-refractivity contribution in [3.8, 4) is 55.6 Å². The van der Waals surface area contributed by atoms with Crippen LogP contribution in [0.1, 0.15) is 0 Å². The largest absolute Gasteiger partial charge is 0.309 e. The van der Waals surface area contributed by atoms with Crippen LogP contribution in [0.3, 0.4) is 0 Å². The molecule has 0 amide bonds. The van der Waals surface area contributed by atoms with E-state index in [1.165, 1.54) is 81.0 Å². The summed E-state index contributed by atoms with van der Waals surface area (Å²) in [6.07, 6.45) is 0. The van der Waals surface area contributed by atoms with Crippen LogP contribution in [0.2, 0.25) is 0 Å². The van der Waals surface area contributed by atoms with Gasteiger partial charge in [-0.1, -0.05) is 200 Å². The first-order valence-corrected chi connectivity index (χ1v) is 21.3. The monoisotopic (exact) mass is 781 g/mol. The van der Waals surface area contributed by atoms with Gasteiger partial charge in [-0.25, -0.2) is 0 Å². The Hall–Kier alpha value is -7.52. The van der Waals surface area contributed by atoms with E-state index in [-0.39, 0.29) is 0 Å². The normalized spacial score (nSPS) is 11.3. The molecule has 0 unspecified atom stereocenters. The lowest BCUT2D eigenvalue weighted by atomic mass is 9.88. The van der Waals surface area contributed by atoms with Gasteiger partial charge in [-0.2, -0.15) is 0 Å². The van der Waals surface area contributed by atoms with Crippen molar-refractivity contribution in [2.75, 3.05) is 4.90 Å². The third-order valence-corrected chi connectivity index (χ3v) is 12.9. The van der Waals surface area contributed by atoms with Crippen LogP contribution in [0.5, 0.6) is 0 Å². The number of thiophene rings is 1. The molecule has 0 aliphatic heterocycles. The lowest BCUT2D eigenvalue weighted by Crippen LogP contribution is -2.12. The van der Waals surface area contributed by atoms with Crippen LogP contribution < -0.4 is 4.90 Å². The van der Waals surface area contributed by atoms with Gasteiger partial charge in [0.05, 0.1) is 11.4 Å². The zero-order valence-corrected chi connectivity index (χ0v) is 33.7. The van der Waals surface area contributed by atoms with Crippen molar-refractivity contribution in [1.29, 1.82) is 0 Å². The zero-order chi connectivity index (χ0) is 39.8. The summed E-state index contributed by atoms with van der Waals surface area (Å²) in [4.78, 5) is 2.49. The summed E-state index contributed by atoms with van der Waals surface area (Å²) in [6, 6.07) is 86.2. The van der Waals surface area contributed by atoms with Gasteiger partial charge in [0.25, 0.3) is 0 Å². The first kappa shape index (κ1) is 35.6. The molecule has 282 valence electrons. The highest BCUT2D eigenvalue weighted by atomic mass is 32.1. The number of hydrogen-bond acceptors (Lipinski definition) is 2. The highest BCUT2D eigenvalue weighted by Crippen LogP contribution is 2.49. The average Bonchev–Trinajstić information content (AvgIpc) is 3.71. The highest BCUT2D eigenvalue weighted by molar-refractivity contribution is 7.26. The molecule has 11 aromatic rings. The number of fused-ring (bicyclic) bond motifs is 4. The molecule has 0 saturated heterocycles. The molecule has 10 aromatic carbocycles. The highest BCUT2D eigenvalue weighted by Gasteiger charge is 2.24. The van der Waals surface area contributed by atoms with Gasteiger partial charge in [0.2, 0.25) is 0 Å². The Morgan fingerprint density at radius 1 is 0.283 bits per heavy atom. The number of para-hydroxylation sites is 2. The minimum Gasteiger partial charge on any atom is -0.309 e. The summed E-state index contributed by atoms with van der Waals surface area (Å²) < 4.78 is 2.60. The van der Waals surface area contributed by atoms with Crippen molar-refractivity contribution in [2.24, 2.45) is 0 Å². The van der Waals surface area contributed by atoms with E-state index in [0.717, 1.165) is 22.6 Å². The fraction of sp³-hybridized carbons (Fsp3) is 0. The van der Waals surface area contributed by atoms with Gasteiger partial charge in [0.15, 0.2) is 0 Å². The maximum Gasteiger partial charge on any atom is 0.0540 e. The second-order valence-electron chi connectivity index (χ2n) is 15.2. The molecule has 1 aromatic heterocycles.